The van der Waals surface area contributed by atoms with Gasteiger partial charge < -0.3 is 14.2 Å². The third-order valence-electron chi connectivity index (χ3n) is 9.79. The first kappa shape index (κ1) is 48.4. The normalized spacial score (nSPS) is 11.9. The second-order valence-corrected chi connectivity index (χ2v) is 15.5. The van der Waals surface area contributed by atoms with Crippen LogP contribution in [0.4, 0.5) is 0 Å². The summed E-state index contributed by atoms with van der Waals surface area (Å²) in [6.45, 7) is 8.94. The second-order valence-electron chi connectivity index (χ2n) is 15.5. The molecular weight excluding hydrogens is 624 g/mol. The molecule has 0 heterocycles. The molecule has 296 valence electrons. The van der Waals surface area contributed by atoms with E-state index in [0.29, 0.717) is 19.3 Å². The lowest BCUT2D eigenvalue weighted by molar-refractivity contribution is -0.167. The minimum atomic E-state index is -0.757. The first-order valence-corrected chi connectivity index (χ1v) is 21.9. The number of hydrogen-bond donors (Lipinski definition) is 0. The minimum absolute atomic E-state index is 0.0646. The molecule has 0 amide bonds. The summed E-state index contributed by atoms with van der Waals surface area (Å²) in [6, 6.07) is 0. The average Bonchev–Trinajstić information content (AvgIpc) is 3.09. The van der Waals surface area contributed by atoms with Crippen molar-refractivity contribution >= 4 is 17.9 Å². The van der Waals surface area contributed by atoms with Gasteiger partial charge in [-0.1, -0.05) is 201 Å². The van der Waals surface area contributed by atoms with Gasteiger partial charge in [0.25, 0.3) is 0 Å². The van der Waals surface area contributed by atoms with E-state index in [1.807, 2.05) is 0 Å². The zero-order valence-electron chi connectivity index (χ0n) is 33.9. The number of unbranched alkanes of at least 4 members (excludes halogenated alkanes) is 26. The third-order valence-corrected chi connectivity index (χ3v) is 9.79. The topological polar surface area (TPSA) is 78.9 Å². The molecular formula is C44H84O6. The number of esters is 3. The van der Waals surface area contributed by atoms with E-state index in [1.54, 1.807) is 0 Å². The lowest BCUT2D eigenvalue weighted by atomic mass is 10.0. The van der Waals surface area contributed by atoms with Gasteiger partial charge >= 0.3 is 17.9 Å². The maximum atomic E-state index is 12.6. The molecule has 0 aromatic heterocycles. The smallest absolute Gasteiger partial charge is 0.306 e. The molecule has 0 bridgehead atoms. The molecule has 50 heavy (non-hydrogen) atoms. The highest BCUT2D eigenvalue weighted by Gasteiger charge is 2.19. The fourth-order valence-corrected chi connectivity index (χ4v) is 6.45. The fourth-order valence-electron chi connectivity index (χ4n) is 6.45. The van der Waals surface area contributed by atoms with Crippen molar-refractivity contribution in [3.63, 3.8) is 0 Å². The van der Waals surface area contributed by atoms with Gasteiger partial charge in [-0.3, -0.25) is 14.4 Å². The van der Waals surface area contributed by atoms with E-state index in [1.165, 1.54) is 135 Å². The van der Waals surface area contributed by atoms with Gasteiger partial charge in [-0.05, 0) is 25.2 Å². The predicted molar refractivity (Wildman–Crippen MR) is 210 cm³/mol. The van der Waals surface area contributed by atoms with Crippen molar-refractivity contribution in [2.75, 3.05) is 13.2 Å². The fraction of sp³-hybridized carbons (Fsp3) is 0.932. The molecule has 0 rings (SSSR count). The Morgan fingerprint density at radius 2 is 0.660 bits per heavy atom. The molecule has 0 aromatic carbocycles. The van der Waals surface area contributed by atoms with Crippen molar-refractivity contribution in [3.8, 4) is 0 Å². The molecule has 1 atom stereocenters. The molecule has 0 aromatic rings. The van der Waals surface area contributed by atoms with Crippen LogP contribution in [0.15, 0.2) is 0 Å². The summed E-state index contributed by atoms with van der Waals surface area (Å²) in [5, 5.41) is 0. The van der Waals surface area contributed by atoms with Crippen molar-refractivity contribution in [2.45, 2.75) is 246 Å². The largest absolute Gasteiger partial charge is 0.462 e. The summed E-state index contributed by atoms with van der Waals surface area (Å²) in [7, 11) is 0. The lowest BCUT2D eigenvalue weighted by Crippen LogP contribution is -2.30. The van der Waals surface area contributed by atoms with Crippen LogP contribution in [0.25, 0.3) is 0 Å². The molecule has 0 radical (unpaired) electrons. The molecule has 0 aliphatic carbocycles. The molecule has 0 saturated heterocycles. The summed E-state index contributed by atoms with van der Waals surface area (Å²) in [5.74, 6) is -0.0259. The Balaban J connectivity index is 4.20. The van der Waals surface area contributed by atoms with Crippen LogP contribution in [0.1, 0.15) is 240 Å². The SMILES string of the molecule is CCCCCCCCCCCC(=O)OC[C@@H](COC(=O)CCCCCCCCCCCCCCCC(C)C)OC(=O)CCCCCCCCC. The number of ether oxygens (including phenoxy) is 3. The molecule has 0 aliphatic heterocycles. The first-order valence-electron chi connectivity index (χ1n) is 21.9. The summed E-state index contributed by atoms with van der Waals surface area (Å²) in [6.07, 6.45) is 36.7. The van der Waals surface area contributed by atoms with Crippen molar-refractivity contribution in [1.82, 2.24) is 0 Å². The highest BCUT2D eigenvalue weighted by molar-refractivity contribution is 5.71. The minimum Gasteiger partial charge on any atom is -0.462 e. The molecule has 6 nitrogen and oxygen atoms in total. The van der Waals surface area contributed by atoms with Crippen LogP contribution in [0.2, 0.25) is 0 Å². The number of rotatable bonds is 39. The van der Waals surface area contributed by atoms with Crippen LogP contribution in [-0.2, 0) is 28.6 Å². The molecule has 6 heteroatoms. The van der Waals surface area contributed by atoms with Crippen LogP contribution in [0.3, 0.4) is 0 Å². The van der Waals surface area contributed by atoms with Gasteiger partial charge in [0.2, 0.25) is 0 Å². The van der Waals surface area contributed by atoms with Crippen molar-refractivity contribution in [2.24, 2.45) is 5.92 Å². The van der Waals surface area contributed by atoms with E-state index in [0.717, 1.165) is 63.7 Å². The van der Waals surface area contributed by atoms with Crippen LogP contribution >= 0.6 is 0 Å². The highest BCUT2D eigenvalue weighted by atomic mass is 16.6. The van der Waals surface area contributed by atoms with Gasteiger partial charge in [-0.15, -0.1) is 0 Å². The van der Waals surface area contributed by atoms with E-state index in [-0.39, 0.29) is 31.1 Å². The molecule has 0 saturated carbocycles. The van der Waals surface area contributed by atoms with Gasteiger partial charge in [-0.25, -0.2) is 0 Å². The molecule has 0 N–H and O–H groups in total. The Bertz CT molecular complexity index is 751. The van der Waals surface area contributed by atoms with E-state index >= 15 is 0 Å². The Morgan fingerprint density at radius 3 is 0.980 bits per heavy atom. The van der Waals surface area contributed by atoms with Crippen molar-refractivity contribution < 1.29 is 28.6 Å². The zero-order chi connectivity index (χ0) is 36.8. The Morgan fingerprint density at radius 1 is 0.380 bits per heavy atom. The van der Waals surface area contributed by atoms with Gasteiger partial charge in [0.05, 0.1) is 0 Å². The highest BCUT2D eigenvalue weighted by Crippen LogP contribution is 2.16. The standard InChI is InChI=1S/C44H84O6/c1-5-7-9-11-13-19-24-27-31-35-42(45)48-38-41(50-44(47)37-33-29-22-12-10-8-6-2)39-49-43(46)36-32-28-25-21-18-16-14-15-17-20-23-26-30-34-40(3)4/h40-41H,5-39H2,1-4H3/t41-/m0/s1. The maximum Gasteiger partial charge on any atom is 0.306 e. The van der Waals surface area contributed by atoms with Crippen LogP contribution in [0.5, 0.6) is 0 Å². The van der Waals surface area contributed by atoms with Crippen LogP contribution < -0.4 is 0 Å². The van der Waals surface area contributed by atoms with Gasteiger partial charge in [-0.2, -0.15) is 0 Å². The Hall–Kier alpha value is -1.59. The van der Waals surface area contributed by atoms with Gasteiger partial charge in [0.15, 0.2) is 6.10 Å². The quantitative estimate of drug-likeness (QED) is 0.0359. The van der Waals surface area contributed by atoms with Crippen molar-refractivity contribution in [1.29, 1.82) is 0 Å². The zero-order valence-corrected chi connectivity index (χ0v) is 33.9. The predicted octanol–water partition coefficient (Wildman–Crippen LogP) is 13.6. The van der Waals surface area contributed by atoms with Crippen molar-refractivity contribution in [3.05, 3.63) is 0 Å². The van der Waals surface area contributed by atoms with Crippen LogP contribution in [-0.4, -0.2) is 37.2 Å². The van der Waals surface area contributed by atoms with E-state index < -0.39 is 6.10 Å². The Kier molecular flexibility index (Phi) is 37.4. The van der Waals surface area contributed by atoms with E-state index in [2.05, 4.69) is 27.7 Å². The number of hydrogen-bond acceptors (Lipinski definition) is 6. The summed E-state index contributed by atoms with van der Waals surface area (Å²) in [5.41, 5.74) is 0. The lowest BCUT2D eigenvalue weighted by Gasteiger charge is -2.18. The summed E-state index contributed by atoms with van der Waals surface area (Å²) < 4.78 is 16.6. The second kappa shape index (κ2) is 38.6. The molecule has 0 unspecified atom stereocenters. The number of carbonyl (C=O) groups is 3. The van der Waals surface area contributed by atoms with Gasteiger partial charge in [0.1, 0.15) is 13.2 Å². The Labute approximate surface area is 310 Å². The van der Waals surface area contributed by atoms with E-state index in [4.69, 9.17) is 14.2 Å². The van der Waals surface area contributed by atoms with Gasteiger partial charge in [0, 0.05) is 19.3 Å². The number of carbonyl (C=O) groups excluding carboxylic acids is 3. The van der Waals surface area contributed by atoms with Crippen LogP contribution in [0, 0.1) is 5.92 Å². The van der Waals surface area contributed by atoms with E-state index in [9.17, 15) is 14.4 Å². The maximum absolute atomic E-state index is 12.6. The third kappa shape index (κ3) is 37.7. The molecule has 0 aliphatic rings. The first-order chi connectivity index (χ1) is 24.4. The average molecular weight is 709 g/mol. The summed E-state index contributed by atoms with van der Waals surface area (Å²) in [4.78, 5) is 37.4. The monoisotopic (exact) mass is 709 g/mol. The molecule has 0 spiro atoms. The molecule has 0 fully saturated rings. The summed E-state index contributed by atoms with van der Waals surface area (Å²) >= 11 is 0.